The first-order chi connectivity index (χ1) is 6.58. The van der Waals surface area contributed by atoms with Gasteiger partial charge < -0.3 is 5.32 Å². The average Bonchev–Trinajstić information content (AvgIpc) is 2.30. The third kappa shape index (κ3) is 5.75. The molecule has 0 aliphatic carbocycles. The maximum Gasteiger partial charge on any atom is 0.441 e. The van der Waals surface area contributed by atoms with Gasteiger partial charge in [0.15, 0.2) is 0 Å². The van der Waals surface area contributed by atoms with E-state index in [9.17, 15) is 13.2 Å². The van der Waals surface area contributed by atoms with Crippen molar-refractivity contribution < 1.29 is 13.2 Å². The second-order valence-electron chi connectivity index (χ2n) is 3.58. The molecule has 0 aromatic carbocycles. The molecule has 1 unspecified atom stereocenters. The summed E-state index contributed by atoms with van der Waals surface area (Å²) in [7, 11) is 0. The molecule has 1 atom stereocenters. The molecule has 1 fully saturated rings. The van der Waals surface area contributed by atoms with E-state index in [0.717, 1.165) is 25.8 Å². The fourth-order valence-corrected chi connectivity index (χ4v) is 2.30. The van der Waals surface area contributed by atoms with Gasteiger partial charge in [-0.05, 0) is 25.8 Å². The summed E-state index contributed by atoms with van der Waals surface area (Å²) >= 11 is 0.0940. The first-order valence-corrected chi connectivity index (χ1v) is 6.00. The van der Waals surface area contributed by atoms with Gasteiger partial charge >= 0.3 is 5.51 Å². The number of thioether (sulfide) groups is 1. The normalized spacial score (nSPS) is 24.6. The summed E-state index contributed by atoms with van der Waals surface area (Å²) < 4.78 is 35.5. The Balaban J connectivity index is 2.10. The molecule has 1 saturated heterocycles. The number of hydrogen-bond donors (Lipinski definition) is 1. The first-order valence-electron chi connectivity index (χ1n) is 5.02. The van der Waals surface area contributed by atoms with Crippen LogP contribution in [0.1, 0.15) is 32.1 Å². The van der Waals surface area contributed by atoms with Crippen LogP contribution in [0.2, 0.25) is 0 Å². The van der Waals surface area contributed by atoms with E-state index in [-0.39, 0.29) is 17.5 Å². The zero-order valence-corrected chi connectivity index (χ0v) is 8.89. The van der Waals surface area contributed by atoms with Crippen LogP contribution in [0.25, 0.3) is 0 Å². The summed E-state index contributed by atoms with van der Waals surface area (Å²) in [5.41, 5.74) is -4.06. The van der Waals surface area contributed by atoms with Crippen molar-refractivity contribution in [2.45, 2.75) is 43.7 Å². The number of alkyl halides is 3. The Bertz CT molecular complexity index is 153. The van der Waals surface area contributed by atoms with Gasteiger partial charge in [0.05, 0.1) is 0 Å². The Morgan fingerprint density at radius 3 is 2.71 bits per heavy atom. The van der Waals surface area contributed by atoms with E-state index in [2.05, 4.69) is 5.32 Å². The topological polar surface area (TPSA) is 12.0 Å². The molecule has 0 aromatic rings. The van der Waals surface area contributed by atoms with Gasteiger partial charge in [0, 0.05) is 11.8 Å². The first kappa shape index (κ1) is 12.2. The smallest absolute Gasteiger partial charge is 0.314 e. The Labute approximate surface area is 86.8 Å². The fourth-order valence-electron chi connectivity index (χ4n) is 1.66. The van der Waals surface area contributed by atoms with Crippen LogP contribution < -0.4 is 5.32 Å². The fraction of sp³-hybridized carbons (Fsp3) is 1.00. The van der Waals surface area contributed by atoms with E-state index in [1.54, 1.807) is 0 Å². The maximum absolute atomic E-state index is 11.8. The quantitative estimate of drug-likeness (QED) is 0.794. The molecule has 1 aliphatic heterocycles. The Hall–Kier alpha value is 0.1000. The molecule has 0 saturated carbocycles. The van der Waals surface area contributed by atoms with Crippen LogP contribution in [0.15, 0.2) is 0 Å². The minimum atomic E-state index is -4.06. The molecule has 84 valence electrons. The third-order valence-corrected chi connectivity index (χ3v) is 3.16. The minimum absolute atomic E-state index is 0.0940. The van der Waals surface area contributed by atoms with Gasteiger partial charge in [0.1, 0.15) is 0 Å². The van der Waals surface area contributed by atoms with E-state index in [1.807, 2.05) is 0 Å². The predicted octanol–water partition coefficient (Wildman–Crippen LogP) is 3.16. The van der Waals surface area contributed by atoms with Crippen molar-refractivity contribution in [3.8, 4) is 0 Å². The lowest BCUT2D eigenvalue weighted by Crippen LogP contribution is -2.28. The molecule has 1 aliphatic rings. The van der Waals surface area contributed by atoms with Crippen molar-refractivity contribution in [1.29, 1.82) is 0 Å². The van der Waals surface area contributed by atoms with Gasteiger partial charge in [-0.2, -0.15) is 13.2 Å². The monoisotopic (exact) mass is 227 g/mol. The Morgan fingerprint density at radius 1 is 1.21 bits per heavy atom. The molecule has 0 radical (unpaired) electrons. The van der Waals surface area contributed by atoms with E-state index in [0.29, 0.717) is 12.5 Å². The van der Waals surface area contributed by atoms with Gasteiger partial charge in [0.25, 0.3) is 0 Å². The standard InChI is InChI=1S/C9H16F3NS/c10-9(11,12)14-7-5-8-4-2-1-3-6-13-8/h8,13H,1-7H2. The molecule has 1 heterocycles. The highest BCUT2D eigenvalue weighted by molar-refractivity contribution is 8.00. The van der Waals surface area contributed by atoms with Crippen LogP contribution in [0.5, 0.6) is 0 Å². The van der Waals surface area contributed by atoms with Crippen LogP contribution >= 0.6 is 11.8 Å². The van der Waals surface area contributed by atoms with E-state index >= 15 is 0 Å². The second-order valence-corrected chi connectivity index (χ2v) is 4.74. The van der Waals surface area contributed by atoms with Gasteiger partial charge in [-0.25, -0.2) is 0 Å². The Morgan fingerprint density at radius 2 is 2.00 bits per heavy atom. The second kappa shape index (κ2) is 5.85. The summed E-state index contributed by atoms with van der Waals surface area (Å²) in [5.74, 6) is 0.182. The van der Waals surface area contributed by atoms with Crippen molar-refractivity contribution >= 4 is 11.8 Å². The lowest BCUT2D eigenvalue weighted by Gasteiger charge is -2.15. The van der Waals surface area contributed by atoms with E-state index < -0.39 is 5.51 Å². The van der Waals surface area contributed by atoms with Crippen molar-refractivity contribution in [2.75, 3.05) is 12.3 Å². The van der Waals surface area contributed by atoms with Crippen molar-refractivity contribution in [2.24, 2.45) is 0 Å². The predicted molar refractivity (Wildman–Crippen MR) is 53.4 cm³/mol. The molecule has 1 nitrogen and oxygen atoms in total. The zero-order chi connectivity index (χ0) is 10.4. The van der Waals surface area contributed by atoms with Gasteiger partial charge in [0.2, 0.25) is 0 Å². The summed E-state index contributed by atoms with van der Waals surface area (Å²) in [5, 5.41) is 3.29. The molecular weight excluding hydrogens is 211 g/mol. The number of nitrogens with one attached hydrogen (secondary N) is 1. The highest BCUT2D eigenvalue weighted by Gasteiger charge is 2.28. The molecular formula is C9H16F3NS. The molecule has 0 bridgehead atoms. The highest BCUT2D eigenvalue weighted by Crippen LogP contribution is 2.31. The summed E-state index contributed by atoms with van der Waals surface area (Å²) in [6.07, 6.45) is 5.16. The van der Waals surface area contributed by atoms with Crippen LogP contribution in [-0.2, 0) is 0 Å². The largest absolute Gasteiger partial charge is 0.441 e. The molecule has 1 rings (SSSR count). The maximum atomic E-state index is 11.8. The molecule has 5 heteroatoms. The van der Waals surface area contributed by atoms with Crippen molar-refractivity contribution in [1.82, 2.24) is 5.32 Å². The lowest BCUT2D eigenvalue weighted by molar-refractivity contribution is -0.0328. The summed E-state index contributed by atoms with van der Waals surface area (Å²) in [4.78, 5) is 0. The third-order valence-electron chi connectivity index (χ3n) is 2.39. The molecule has 0 spiro atoms. The number of rotatable bonds is 3. The molecule has 1 N–H and O–H groups in total. The molecule has 0 aromatic heterocycles. The molecule has 14 heavy (non-hydrogen) atoms. The summed E-state index contributed by atoms with van der Waals surface area (Å²) in [6.45, 7) is 0.960. The number of halogens is 3. The highest BCUT2D eigenvalue weighted by atomic mass is 32.2. The average molecular weight is 227 g/mol. The minimum Gasteiger partial charge on any atom is -0.314 e. The van der Waals surface area contributed by atoms with Crippen molar-refractivity contribution in [3.63, 3.8) is 0 Å². The Kier molecular flexibility index (Phi) is 5.09. The van der Waals surface area contributed by atoms with Crippen LogP contribution in [0, 0.1) is 0 Å². The van der Waals surface area contributed by atoms with E-state index in [4.69, 9.17) is 0 Å². The number of hydrogen-bond acceptors (Lipinski definition) is 2. The van der Waals surface area contributed by atoms with Gasteiger partial charge in [-0.1, -0.05) is 24.6 Å². The van der Waals surface area contributed by atoms with Crippen LogP contribution in [0.4, 0.5) is 13.2 Å². The SMILES string of the molecule is FC(F)(F)SCCC1CCCCCN1. The van der Waals surface area contributed by atoms with Crippen LogP contribution in [0.3, 0.4) is 0 Å². The van der Waals surface area contributed by atoms with Crippen LogP contribution in [-0.4, -0.2) is 23.8 Å². The van der Waals surface area contributed by atoms with E-state index in [1.165, 1.54) is 6.42 Å². The summed E-state index contributed by atoms with van der Waals surface area (Å²) in [6, 6.07) is 0.298. The molecule has 0 amide bonds. The van der Waals surface area contributed by atoms with Gasteiger partial charge in [-0.3, -0.25) is 0 Å². The van der Waals surface area contributed by atoms with Gasteiger partial charge in [-0.15, -0.1) is 0 Å². The lowest BCUT2D eigenvalue weighted by atomic mass is 10.1. The zero-order valence-electron chi connectivity index (χ0n) is 8.07. The van der Waals surface area contributed by atoms with Crippen molar-refractivity contribution in [3.05, 3.63) is 0 Å².